The van der Waals surface area contributed by atoms with E-state index in [-0.39, 0.29) is 28.6 Å². The van der Waals surface area contributed by atoms with Crippen molar-refractivity contribution in [2.75, 3.05) is 46.4 Å². The third-order valence-electron chi connectivity index (χ3n) is 8.42. The third kappa shape index (κ3) is 4.71. The van der Waals surface area contributed by atoms with E-state index >= 15 is 0 Å². The average Bonchev–Trinajstić information content (AvgIpc) is 3.55. The molecular formula is C24H35N5O5S. The van der Waals surface area contributed by atoms with E-state index in [0.717, 1.165) is 25.7 Å². The van der Waals surface area contributed by atoms with Gasteiger partial charge in [0.05, 0.1) is 43.0 Å². The molecule has 3 amide bonds. The van der Waals surface area contributed by atoms with Crippen LogP contribution in [0.3, 0.4) is 0 Å². The van der Waals surface area contributed by atoms with Crippen molar-refractivity contribution < 1.29 is 23.9 Å². The second-order valence-corrected chi connectivity index (χ2v) is 11.6. The predicted octanol–water partition coefficient (Wildman–Crippen LogP) is 0.400. The van der Waals surface area contributed by atoms with Gasteiger partial charge in [-0.2, -0.15) is 0 Å². The first-order valence-corrected chi connectivity index (χ1v) is 13.4. The number of carbonyl (C=O) groups excluding carboxylic acids is 3. The lowest BCUT2D eigenvalue weighted by atomic mass is 9.72. The van der Waals surface area contributed by atoms with E-state index in [0.29, 0.717) is 50.4 Å². The molecule has 1 aromatic heterocycles. The summed E-state index contributed by atoms with van der Waals surface area (Å²) in [7, 11) is 1.56. The highest BCUT2D eigenvalue weighted by atomic mass is 32.1. The average molecular weight is 506 g/mol. The SMILES string of the molecule is CNC(=O)[C@@H](NC(=O)C1CN(C(=O)c2cncs2)CC12CNC2)[C@@H](C)OCC12CCC(CC1)OC2. The van der Waals surface area contributed by atoms with E-state index in [1.165, 1.54) is 11.3 Å². The normalized spacial score (nSPS) is 30.5. The topological polar surface area (TPSA) is 122 Å². The van der Waals surface area contributed by atoms with Gasteiger partial charge in [-0.05, 0) is 32.6 Å². The van der Waals surface area contributed by atoms with Crippen molar-refractivity contribution in [3.8, 4) is 0 Å². The fraction of sp³-hybridized carbons (Fsp3) is 0.750. The van der Waals surface area contributed by atoms with Crippen LogP contribution in [0.25, 0.3) is 0 Å². The molecule has 1 aliphatic carbocycles. The van der Waals surface area contributed by atoms with Crippen LogP contribution in [0.15, 0.2) is 11.7 Å². The summed E-state index contributed by atoms with van der Waals surface area (Å²) < 4.78 is 12.1. The van der Waals surface area contributed by atoms with E-state index in [4.69, 9.17) is 9.47 Å². The van der Waals surface area contributed by atoms with Gasteiger partial charge in [0.2, 0.25) is 11.8 Å². The Kier molecular flexibility index (Phi) is 6.86. The summed E-state index contributed by atoms with van der Waals surface area (Å²) in [5, 5.41) is 8.90. The standard InChI is InChI=1S/C24H35N5O5S/c1-15(33-12-23-5-3-16(4-6-23)34-13-23)19(21(31)25-2)28-20(30)17-8-29(11-24(17)9-27-10-24)22(32)18-7-26-14-35-18/h7,14-17,19,27H,3-6,8-13H2,1-2H3,(H,25,31)(H,28,30)/t15-,16?,17?,19+,23?/m1/s1. The number of aromatic nitrogens is 1. The Bertz CT molecular complexity index is 930. The fourth-order valence-electron chi connectivity index (χ4n) is 5.97. The van der Waals surface area contributed by atoms with Gasteiger partial charge >= 0.3 is 0 Å². The number of hydrogen-bond donors (Lipinski definition) is 3. The third-order valence-corrected chi connectivity index (χ3v) is 9.18. The van der Waals surface area contributed by atoms with E-state index in [2.05, 4.69) is 20.9 Å². The van der Waals surface area contributed by atoms with Crippen molar-refractivity contribution in [3.63, 3.8) is 0 Å². The van der Waals surface area contributed by atoms with Crippen LogP contribution in [-0.2, 0) is 19.1 Å². The molecular weight excluding hydrogens is 470 g/mol. The van der Waals surface area contributed by atoms with Crippen molar-refractivity contribution in [2.24, 2.45) is 16.7 Å². The molecule has 35 heavy (non-hydrogen) atoms. The summed E-state index contributed by atoms with van der Waals surface area (Å²) >= 11 is 1.30. The summed E-state index contributed by atoms with van der Waals surface area (Å²) in [6, 6.07) is -0.818. The molecule has 5 heterocycles. The summed E-state index contributed by atoms with van der Waals surface area (Å²) in [4.78, 5) is 45.6. The Labute approximate surface area is 209 Å². The van der Waals surface area contributed by atoms with Crippen LogP contribution >= 0.6 is 11.3 Å². The molecule has 1 spiro atoms. The molecule has 4 saturated heterocycles. The van der Waals surface area contributed by atoms with Gasteiger partial charge in [-0.25, -0.2) is 0 Å². The Morgan fingerprint density at radius 3 is 2.69 bits per heavy atom. The lowest BCUT2D eigenvalue weighted by molar-refractivity contribution is -0.155. The molecule has 5 aliphatic rings. The number of thiazole rings is 1. The molecule has 1 unspecified atom stereocenters. The molecule has 3 N–H and O–H groups in total. The first-order valence-electron chi connectivity index (χ1n) is 12.5. The van der Waals surface area contributed by atoms with E-state index in [1.807, 2.05) is 6.92 Å². The largest absolute Gasteiger partial charge is 0.378 e. The highest BCUT2D eigenvalue weighted by Gasteiger charge is 2.55. The van der Waals surface area contributed by atoms with Crippen LogP contribution in [0.4, 0.5) is 0 Å². The van der Waals surface area contributed by atoms with Crippen molar-refractivity contribution in [1.82, 2.24) is 25.8 Å². The zero-order valence-corrected chi connectivity index (χ0v) is 21.2. The number of nitrogens with zero attached hydrogens (tertiary/aromatic N) is 2. The molecule has 1 aromatic rings. The molecule has 11 heteroatoms. The van der Waals surface area contributed by atoms with E-state index in [9.17, 15) is 14.4 Å². The zero-order valence-electron chi connectivity index (χ0n) is 20.4. The molecule has 2 bridgehead atoms. The Morgan fingerprint density at radius 2 is 2.11 bits per heavy atom. The molecule has 0 radical (unpaired) electrons. The van der Waals surface area contributed by atoms with Crippen molar-refractivity contribution in [2.45, 2.75) is 50.9 Å². The first-order chi connectivity index (χ1) is 16.8. The van der Waals surface area contributed by atoms with Gasteiger partial charge in [0.15, 0.2) is 0 Å². The summed E-state index contributed by atoms with van der Waals surface area (Å²) in [5.41, 5.74) is 1.32. The fourth-order valence-corrected chi connectivity index (χ4v) is 6.56. The maximum Gasteiger partial charge on any atom is 0.265 e. The Hall–Kier alpha value is -2.08. The quantitative estimate of drug-likeness (QED) is 0.468. The van der Waals surface area contributed by atoms with Crippen LogP contribution < -0.4 is 16.0 Å². The van der Waals surface area contributed by atoms with Crippen LogP contribution in [0.2, 0.25) is 0 Å². The first kappa shape index (κ1) is 24.6. The van der Waals surface area contributed by atoms with Crippen molar-refractivity contribution in [1.29, 1.82) is 0 Å². The molecule has 3 atom stereocenters. The minimum Gasteiger partial charge on any atom is -0.378 e. The molecule has 192 valence electrons. The second-order valence-electron chi connectivity index (χ2n) is 10.7. The number of rotatable bonds is 8. The van der Waals surface area contributed by atoms with Gasteiger partial charge in [-0.1, -0.05) is 0 Å². The number of likely N-dealkylation sites (N-methyl/N-ethyl adjacent to an activating group) is 1. The van der Waals surface area contributed by atoms with E-state index < -0.39 is 18.1 Å². The Balaban J connectivity index is 1.24. The molecule has 10 nitrogen and oxygen atoms in total. The Morgan fingerprint density at radius 1 is 1.34 bits per heavy atom. The highest BCUT2D eigenvalue weighted by Crippen LogP contribution is 2.43. The number of amides is 3. The predicted molar refractivity (Wildman–Crippen MR) is 129 cm³/mol. The molecule has 6 rings (SSSR count). The number of ether oxygens (including phenoxy) is 2. The van der Waals surface area contributed by atoms with E-state index in [1.54, 1.807) is 23.7 Å². The lowest BCUT2D eigenvalue weighted by Gasteiger charge is -2.46. The summed E-state index contributed by atoms with van der Waals surface area (Å²) in [5.74, 6) is -1.00. The smallest absolute Gasteiger partial charge is 0.265 e. The van der Waals surface area contributed by atoms with Gasteiger partial charge in [-0.3, -0.25) is 19.4 Å². The second kappa shape index (κ2) is 9.76. The summed E-state index contributed by atoms with van der Waals surface area (Å²) in [6.45, 7) is 5.20. The molecule has 4 aliphatic heterocycles. The highest BCUT2D eigenvalue weighted by molar-refractivity contribution is 7.11. The molecule has 5 fully saturated rings. The number of hydrogen-bond acceptors (Lipinski definition) is 8. The zero-order chi connectivity index (χ0) is 24.6. The van der Waals surface area contributed by atoms with Crippen LogP contribution in [0.1, 0.15) is 42.3 Å². The summed E-state index contributed by atoms with van der Waals surface area (Å²) in [6.07, 6.45) is 5.71. The number of carbonyl (C=O) groups is 3. The maximum atomic E-state index is 13.5. The number of likely N-dealkylation sites (tertiary alicyclic amines) is 1. The minimum absolute atomic E-state index is 0.00484. The lowest BCUT2D eigenvalue weighted by Crippen LogP contribution is -2.62. The van der Waals surface area contributed by atoms with Gasteiger partial charge in [-0.15, -0.1) is 11.3 Å². The number of nitrogens with one attached hydrogen (secondary N) is 3. The van der Waals surface area contributed by atoms with Crippen LogP contribution in [0, 0.1) is 16.7 Å². The van der Waals surface area contributed by atoms with Gasteiger partial charge in [0.1, 0.15) is 10.9 Å². The number of fused-ring (bicyclic) bond motifs is 3. The maximum absolute atomic E-state index is 13.5. The minimum atomic E-state index is -0.818. The van der Waals surface area contributed by atoms with Crippen molar-refractivity contribution >= 4 is 29.1 Å². The molecule has 0 aromatic carbocycles. The van der Waals surface area contributed by atoms with Gasteiger partial charge < -0.3 is 30.3 Å². The van der Waals surface area contributed by atoms with Gasteiger partial charge in [0, 0.05) is 44.1 Å². The molecule has 1 saturated carbocycles. The van der Waals surface area contributed by atoms with Crippen molar-refractivity contribution in [3.05, 3.63) is 16.6 Å². The monoisotopic (exact) mass is 505 g/mol. The van der Waals surface area contributed by atoms with Crippen LogP contribution in [-0.4, -0.2) is 92.3 Å². The van der Waals surface area contributed by atoms with Crippen LogP contribution in [0.5, 0.6) is 0 Å². The van der Waals surface area contributed by atoms with Gasteiger partial charge in [0.25, 0.3) is 5.91 Å².